The van der Waals surface area contributed by atoms with E-state index in [4.69, 9.17) is 23.4 Å². The van der Waals surface area contributed by atoms with Crippen LogP contribution in [0.4, 0.5) is 0 Å². The maximum absolute atomic E-state index is 12.3. The largest absolute Gasteiger partial charge is 0.465 e. The summed E-state index contributed by atoms with van der Waals surface area (Å²) in [5, 5.41) is 0. The van der Waals surface area contributed by atoms with Crippen LogP contribution in [0.1, 0.15) is 55.8 Å². The quantitative estimate of drug-likeness (QED) is 0.572. The number of rotatable bonds is 1. The predicted octanol–water partition coefficient (Wildman–Crippen LogP) is 1.88. The molecule has 4 aliphatic rings. The molecule has 5 rings (SSSR count). The first kappa shape index (κ1) is 14.5. The van der Waals surface area contributed by atoms with Gasteiger partial charge in [0.15, 0.2) is 23.6 Å². The Bertz CT molecular complexity index is 767. The van der Waals surface area contributed by atoms with Gasteiger partial charge in [0.05, 0.1) is 12.4 Å². The number of fused-ring (bicyclic) bond motifs is 3. The van der Waals surface area contributed by atoms with Crippen molar-refractivity contribution in [3.8, 4) is 0 Å². The van der Waals surface area contributed by atoms with Crippen LogP contribution in [0.15, 0.2) is 10.7 Å². The molecule has 24 heavy (non-hydrogen) atoms. The maximum atomic E-state index is 12.3. The molecule has 0 saturated carbocycles. The summed E-state index contributed by atoms with van der Waals surface area (Å²) < 4.78 is 28.6. The van der Waals surface area contributed by atoms with Gasteiger partial charge in [-0.1, -0.05) is 0 Å². The van der Waals surface area contributed by atoms with E-state index in [2.05, 4.69) is 0 Å². The molecule has 3 aliphatic heterocycles. The third kappa shape index (κ3) is 1.64. The van der Waals surface area contributed by atoms with Crippen molar-refractivity contribution in [1.82, 2.24) is 0 Å². The van der Waals surface area contributed by atoms with E-state index in [9.17, 15) is 9.59 Å². The number of hydrogen-bond donors (Lipinski definition) is 0. The number of epoxide rings is 2. The number of ether oxygens (including phenoxy) is 4. The van der Waals surface area contributed by atoms with E-state index in [1.807, 2.05) is 13.8 Å². The highest BCUT2D eigenvalue weighted by Crippen LogP contribution is 2.61. The summed E-state index contributed by atoms with van der Waals surface area (Å²) in [5.41, 5.74) is 0.0715. The summed E-state index contributed by atoms with van der Waals surface area (Å²) in [5.74, 6) is -0.246. The summed E-state index contributed by atoms with van der Waals surface area (Å²) in [7, 11) is 0. The lowest BCUT2D eigenvalue weighted by atomic mass is 9.86. The van der Waals surface area contributed by atoms with Crippen molar-refractivity contribution in [1.29, 1.82) is 0 Å². The second-order valence-corrected chi connectivity index (χ2v) is 7.27. The van der Waals surface area contributed by atoms with Crippen LogP contribution >= 0.6 is 0 Å². The number of esters is 2. The summed E-state index contributed by atoms with van der Waals surface area (Å²) in [4.78, 5) is 24.0. The minimum Gasteiger partial charge on any atom is -0.465 e. The van der Waals surface area contributed by atoms with Gasteiger partial charge in [0.2, 0.25) is 0 Å². The Morgan fingerprint density at radius 2 is 2.17 bits per heavy atom. The molecule has 0 N–H and O–H groups in total. The summed E-state index contributed by atoms with van der Waals surface area (Å²) in [6, 6.07) is 0. The van der Waals surface area contributed by atoms with Crippen LogP contribution in [0.2, 0.25) is 0 Å². The normalized spacial score (nSPS) is 44.7. The number of carbonyl (C=O) groups excluding carboxylic acids is 2. The van der Waals surface area contributed by atoms with Gasteiger partial charge in [-0.25, -0.2) is 4.79 Å². The molecule has 3 saturated heterocycles. The molecule has 1 aromatic rings. The molecule has 7 heteroatoms. The van der Waals surface area contributed by atoms with Gasteiger partial charge in [-0.05, 0) is 32.3 Å². The monoisotopic (exact) mass is 334 g/mol. The molecule has 6 atom stereocenters. The predicted molar refractivity (Wildman–Crippen MR) is 76.9 cm³/mol. The molecule has 4 heterocycles. The molecule has 1 aromatic heterocycles. The van der Waals surface area contributed by atoms with E-state index < -0.39 is 29.4 Å². The van der Waals surface area contributed by atoms with Crippen molar-refractivity contribution >= 4 is 11.9 Å². The first-order valence-electron chi connectivity index (χ1n) is 8.18. The fourth-order valence-corrected chi connectivity index (χ4v) is 4.29. The van der Waals surface area contributed by atoms with Gasteiger partial charge < -0.3 is 23.4 Å². The van der Waals surface area contributed by atoms with E-state index in [-0.39, 0.29) is 18.2 Å². The van der Waals surface area contributed by atoms with Crippen molar-refractivity contribution in [2.24, 2.45) is 0 Å². The Balaban J connectivity index is 1.66. The summed E-state index contributed by atoms with van der Waals surface area (Å²) in [6.07, 6.45) is 1.16. The highest BCUT2D eigenvalue weighted by Gasteiger charge is 2.75. The van der Waals surface area contributed by atoms with Crippen LogP contribution in [-0.4, -0.2) is 35.3 Å². The number of hydrogen-bond acceptors (Lipinski definition) is 7. The van der Waals surface area contributed by atoms with Gasteiger partial charge in [0.25, 0.3) is 0 Å². The highest BCUT2D eigenvalue weighted by atomic mass is 16.7. The molecule has 1 aliphatic carbocycles. The zero-order chi connectivity index (χ0) is 16.9. The molecule has 6 unspecified atom stereocenters. The lowest BCUT2D eigenvalue weighted by Gasteiger charge is -2.22. The van der Waals surface area contributed by atoms with Gasteiger partial charge in [-0.15, -0.1) is 0 Å². The van der Waals surface area contributed by atoms with Crippen LogP contribution in [0.5, 0.6) is 0 Å². The van der Waals surface area contributed by atoms with Gasteiger partial charge in [0.1, 0.15) is 11.7 Å². The standard InChI is InChI=1S/C17H18O7/c1-7-6-20-11-10(7)12-14-17(24-14,15(19)22-12)5-4-9-16(3,23-9)13(11)21-8(2)18/h6,9,12-14H,4-5H2,1-3H3. The van der Waals surface area contributed by atoms with Gasteiger partial charge in [-0.2, -0.15) is 0 Å². The molecular formula is C17H18O7. The SMILES string of the molecule is CC(=O)OC1c2occ(C)c2C2OC(=O)C3(CCC4OC41C)OC23. The van der Waals surface area contributed by atoms with Crippen molar-refractivity contribution in [3.05, 3.63) is 23.2 Å². The second-order valence-electron chi connectivity index (χ2n) is 7.27. The molecule has 0 aromatic carbocycles. The van der Waals surface area contributed by atoms with Crippen LogP contribution in [0.3, 0.4) is 0 Å². The number of aryl methyl sites for hydroxylation is 1. The molecule has 0 radical (unpaired) electrons. The van der Waals surface area contributed by atoms with Crippen LogP contribution in [0.25, 0.3) is 0 Å². The molecule has 0 amide bonds. The highest BCUT2D eigenvalue weighted by molar-refractivity contribution is 5.87. The van der Waals surface area contributed by atoms with E-state index in [1.54, 1.807) is 6.26 Å². The van der Waals surface area contributed by atoms with E-state index in [1.165, 1.54) is 6.92 Å². The molecular weight excluding hydrogens is 316 g/mol. The maximum Gasteiger partial charge on any atom is 0.342 e. The minimum atomic E-state index is -0.840. The van der Waals surface area contributed by atoms with Crippen molar-refractivity contribution in [2.75, 3.05) is 0 Å². The van der Waals surface area contributed by atoms with Gasteiger partial charge in [-0.3, -0.25) is 4.79 Å². The average Bonchev–Trinajstić information content (AvgIpc) is 3.33. The Morgan fingerprint density at radius 1 is 1.38 bits per heavy atom. The van der Waals surface area contributed by atoms with Crippen molar-refractivity contribution in [3.63, 3.8) is 0 Å². The fraction of sp³-hybridized carbons (Fsp3) is 0.647. The van der Waals surface area contributed by atoms with Crippen LogP contribution in [-0.2, 0) is 28.5 Å². The van der Waals surface area contributed by atoms with E-state index in [0.29, 0.717) is 18.6 Å². The molecule has 3 fully saturated rings. The lowest BCUT2D eigenvalue weighted by Crippen LogP contribution is -2.29. The Hall–Kier alpha value is -1.86. The zero-order valence-electron chi connectivity index (χ0n) is 13.7. The summed E-state index contributed by atoms with van der Waals surface area (Å²) >= 11 is 0. The number of carbonyl (C=O) groups is 2. The van der Waals surface area contributed by atoms with Crippen molar-refractivity contribution in [2.45, 2.75) is 69.2 Å². The average molecular weight is 334 g/mol. The topological polar surface area (TPSA) is 90.8 Å². The van der Waals surface area contributed by atoms with Crippen LogP contribution < -0.4 is 0 Å². The minimum absolute atomic E-state index is 0.121. The third-order valence-corrected chi connectivity index (χ3v) is 5.73. The van der Waals surface area contributed by atoms with Gasteiger partial charge >= 0.3 is 11.9 Å². The molecule has 0 spiro atoms. The smallest absolute Gasteiger partial charge is 0.342 e. The molecule has 128 valence electrons. The first-order valence-corrected chi connectivity index (χ1v) is 8.18. The fourth-order valence-electron chi connectivity index (χ4n) is 4.29. The Kier molecular flexibility index (Phi) is 2.54. The first-order chi connectivity index (χ1) is 11.4. The van der Waals surface area contributed by atoms with Gasteiger partial charge in [0, 0.05) is 12.5 Å². The van der Waals surface area contributed by atoms with Crippen molar-refractivity contribution < 1.29 is 33.0 Å². The Labute approximate surface area is 138 Å². The number of furan rings is 1. The molecule has 7 nitrogen and oxygen atoms in total. The van der Waals surface area contributed by atoms with E-state index >= 15 is 0 Å². The van der Waals surface area contributed by atoms with Crippen LogP contribution in [0, 0.1) is 6.92 Å². The second kappa shape index (κ2) is 4.21. The third-order valence-electron chi connectivity index (χ3n) is 5.73. The molecule has 2 bridgehead atoms. The van der Waals surface area contributed by atoms with E-state index in [0.717, 1.165) is 11.1 Å². The summed E-state index contributed by atoms with van der Waals surface area (Å²) in [6.45, 7) is 5.14. The zero-order valence-corrected chi connectivity index (χ0v) is 13.7. The Morgan fingerprint density at radius 3 is 2.88 bits per heavy atom. The lowest BCUT2D eigenvalue weighted by molar-refractivity contribution is -0.155.